The molecule has 0 unspecified atom stereocenters. The molecule has 0 saturated heterocycles. The van der Waals surface area contributed by atoms with E-state index in [0.717, 1.165) is 18.4 Å². The van der Waals surface area contributed by atoms with Crippen molar-refractivity contribution in [2.45, 2.75) is 19.8 Å². The van der Waals surface area contributed by atoms with Crippen LogP contribution in [0.3, 0.4) is 0 Å². The minimum absolute atomic E-state index is 0.0825. The summed E-state index contributed by atoms with van der Waals surface area (Å²) in [5.41, 5.74) is 1.65. The third-order valence-electron chi connectivity index (χ3n) is 3.91. The highest BCUT2D eigenvalue weighted by molar-refractivity contribution is 5.83. The summed E-state index contributed by atoms with van der Waals surface area (Å²) in [5.74, 6) is 1.35. The van der Waals surface area contributed by atoms with Crippen LogP contribution in [0.4, 0.5) is 0 Å². The zero-order valence-electron chi connectivity index (χ0n) is 13.9. The topological polar surface area (TPSA) is 48.7 Å². The van der Waals surface area contributed by atoms with Crippen LogP contribution in [0.1, 0.15) is 19.8 Å². The van der Waals surface area contributed by atoms with E-state index >= 15 is 0 Å². The number of fused-ring (bicyclic) bond motifs is 1. The van der Waals surface area contributed by atoms with Crippen LogP contribution in [0, 0.1) is 0 Å². The van der Waals surface area contributed by atoms with Crippen LogP contribution in [0.25, 0.3) is 22.1 Å². The maximum atomic E-state index is 12.8. The molecule has 0 amide bonds. The van der Waals surface area contributed by atoms with Crippen LogP contribution in [-0.2, 0) is 0 Å². The molecule has 0 fully saturated rings. The maximum absolute atomic E-state index is 12.8. The molecule has 24 heavy (non-hydrogen) atoms. The Kier molecular flexibility index (Phi) is 4.85. The Morgan fingerprint density at radius 1 is 1.08 bits per heavy atom. The van der Waals surface area contributed by atoms with Gasteiger partial charge in [0.15, 0.2) is 0 Å². The zero-order chi connectivity index (χ0) is 16.9. The Balaban J connectivity index is 2.02. The molecule has 0 aliphatic rings. The standard InChI is InChI=1S/C20H20O4/c1-3-4-11-23-14-9-10-16-19(12-14)24-13-17(20(16)21)15-7-5-6-8-18(15)22-2/h5-10,12-13H,3-4,11H2,1-2H3. The van der Waals surface area contributed by atoms with Crippen LogP contribution in [0.5, 0.6) is 11.5 Å². The predicted molar refractivity (Wildman–Crippen MR) is 94.9 cm³/mol. The highest BCUT2D eigenvalue weighted by atomic mass is 16.5. The van der Waals surface area contributed by atoms with E-state index in [1.807, 2.05) is 24.3 Å². The fourth-order valence-electron chi connectivity index (χ4n) is 2.59. The SMILES string of the molecule is CCCCOc1ccc2c(=O)c(-c3ccccc3OC)coc2c1. The summed E-state index contributed by atoms with van der Waals surface area (Å²) in [4.78, 5) is 12.8. The van der Waals surface area contributed by atoms with Crippen molar-refractivity contribution in [3.63, 3.8) is 0 Å². The second-order valence-electron chi connectivity index (χ2n) is 5.54. The quantitative estimate of drug-likeness (QED) is 0.619. The van der Waals surface area contributed by atoms with Gasteiger partial charge in [0.05, 0.1) is 24.7 Å². The third-order valence-corrected chi connectivity index (χ3v) is 3.91. The molecule has 3 aromatic rings. The van der Waals surface area contributed by atoms with Gasteiger partial charge in [0.2, 0.25) is 5.43 Å². The summed E-state index contributed by atoms with van der Waals surface area (Å²) in [6.45, 7) is 2.77. The summed E-state index contributed by atoms with van der Waals surface area (Å²) in [7, 11) is 1.58. The zero-order valence-corrected chi connectivity index (χ0v) is 13.9. The Hall–Kier alpha value is -2.75. The molecule has 3 rings (SSSR count). The number of para-hydroxylation sites is 1. The molecule has 4 nitrogen and oxygen atoms in total. The Labute approximate surface area is 140 Å². The minimum Gasteiger partial charge on any atom is -0.496 e. The first-order chi connectivity index (χ1) is 11.7. The van der Waals surface area contributed by atoms with Gasteiger partial charge in [0.25, 0.3) is 0 Å². The van der Waals surface area contributed by atoms with Gasteiger partial charge in [-0.05, 0) is 24.6 Å². The molecule has 1 aromatic heterocycles. The molecule has 0 N–H and O–H groups in total. The van der Waals surface area contributed by atoms with Crippen molar-refractivity contribution >= 4 is 11.0 Å². The van der Waals surface area contributed by atoms with Crippen molar-refractivity contribution in [1.82, 2.24) is 0 Å². The van der Waals surface area contributed by atoms with E-state index in [0.29, 0.717) is 34.6 Å². The van der Waals surface area contributed by atoms with Gasteiger partial charge >= 0.3 is 0 Å². The first-order valence-electron chi connectivity index (χ1n) is 8.06. The third kappa shape index (κ3) is 3.13. The second-order valence-corrected chi connectivity index (χ2v) is 5.54. The highest BCUT2D eigenvalue weighted by Gasteiger charge is 2.13. The van der Waals surface area contributed by atoms with E-state index in [1.54, 1.807) is 25.3 Å². The first-order valence-corrected chi connectivity index (χ1v) is 8.06. The number of benzene rings is 2. The van der Waals surface area contributed by atoms with Crippen molar-refractivity contribution in [1.29, 1.82) is 0 Å². The molecule has 0 atom stereocenters. The number of unbranched alkanes of at least 4 members (excludes halogenated alkanes) is 1. The van der Waals surface area contributed by atoms with Crippen molar-refractivity contribution in [3.05, 3.63) is 59.0 Å². The number of rotatable bonds is 6. The lowest BCUT2D eigenvalue weighted by atomic mass is 10.0. The molecule has 124 valence electrons. The normalized spacial score (nSPS) is 10.8. The lowest BCUT2D eigenvalue weighted by Crippen LogP contribution is -2.06. The van der Waals surface area contributed by atoms with Crippen molar-refractivity contribution in [2.75, 3.05) is 13.7 Å². The van der Waals surface area contributed by atoms with Crippen LogP contribution >= 0.6 is 0 Å². The molecule has 2 aromatic carbocycles. The number of methoxy groups -OCH3 is 1. The van der Waals surface area contributed by atoms with Crippen LogP contribution in [-0.4, -0.2) is 13.7 Å². The Bertz CT molecular complexity index is 896. The monoisotopic (exact) mass is 324 g/mol. The predicted octanol–water partition coefficient (Wildman–Crippen LogP) is 4.65. The van der Waals surface area contributed by atoms with Gasteiger partial charge in [0, 0.05) is 11.6 Å². The molecule has 0 bridgehead atoms. The van der Waals surface area contributed by atoms with Crippen molar-refractivity contribution in [2.24, 2.45) is 0 Å². The number of ether oxygens (including phenoxy) is 2. The van der Waals surface area contributed by atoms with Crippen LogP contribution in [0.15, 0.2) is 57.9 Å². The van der Waals surface area contributed by atoms with Gasteiger partial charge in [-0.15, -0.1) is 0 Å². The Morgan fingerprint density at radius 3 is 2.71 bits per heavy atom. The average Bonchev–Trinajstić information content (AvgIpc) is 2.62. The lowest BCUT2D eigenvalue weighted by molar-refractivity contribution is 0.309. The summed E-state index contributed by atoms with van der Waals surface area (Å²) in [6.07, 6.45) is 3.55. The van der Waals surface area contributed by atoms with E-state index in [9.17, 15) is 4.79 Å². The van der Waals surface area contributed by atoms with Crippen LogP contribution in [0.2, 0.25) is 0 Å². The van der Waals surface area contributed by atoms with Gasteiger partial charge in [-0.1, -0.05) is 31.5 Å². The van der Waals surface area contributed by atoms with E-state index in [1.165, 1.54) is 6.26 Å². The molecule has 0 spiro atoms. The molecule has 0 aliphatic carbocycles. The fraction of sp³-hybridized carbons (Fsp3) is 0.250. The van der Waals surface area contributed by atoms with E-state index < -0.39 is 0 Å². The van der Waals surface area contributed by atoms with E-state index in [4.69, 9.17) is 13.9 Å². The summed E-state index contributed by atoms with van der Waals surface area (Å²) in [6, 6.07) is 12.7. The summed E-state index contributed by atoms with van der Waals surface area (Å²) < 4.78 is 16.7. The van der Waals surface area contributed by atoms with Gasteiger partial charge in [-0.2, -0.15) is 0 Å². The average molecular weight is 324 g/mol. The van der Waals surface area contributed by atoms with Crippen LogP contribution < -0.4 is 14.9 Å². The molecule has 4 heteroatoms. The second kappa shape index (κ2) is 7.21. The minimum atomic E-state index is -0.0825. The van der Waals surface area contributed by atoms with Gasteiger partial charge < -0.3 is 13.9 Å². The van der Waals surface area contributed by atoms with E-state index in [2.05, 4.69) is 6.92 Å². The molecular formula is C20H20O4. The number of hydrogen-bond donors (Lipinski definition) is 0. The Morgan fingerprint density at radius 2 is 1.92 bits per heavy atom. The molecule has 0 radical (unpaired) electrons. The molecular weight excluding hydrogens is 304 g/mol. The molecule has 0 aliphatic heterocycles. The van der Waals surface area contributed by atoms with Gasteiger partial charge in [0.1, 0.15) is 23.3 Å². The lowest BCUT2D eigenvalue weighted by Gasteiger charge is -2.09. The fourth-order valence-corrected chi connectivity index (χ4v) is 2.59. The van der Waals surface area contributed by atoms with Crippen molar-refractivity contribution in [3.8, 4) is 22.6 Å². The van der Waals surface area contributed by atoms with Gasteiger partial charge in [-0.25, -0.2) is 0 Å². The maximum Gasteiger partial charge on any atom is 0.200 e. The number of hydrogen-bond acceptors (Lipinski definition) is 4. The summed E-state index contributed by atoms with van der Waals surface area (Å²) >= 11 is 0. The molecule has 0 saturated carbocycles. The van der Waals surface area contributed by atoms with Crippen molar-refractivity contribution < 1.29 is 13.9 Å². The van der Waals surface area contributed by atoms with Gasteiger partial charge in [-0.3, -0.25) is 4.79 Å². The first kappa shape index (κ1) is 16.1. The smallest absolute Gasteiger partial charge is 0.200 e. The summed E-state index contributed by atoms with van der Waals surface area (Å²) in [5, 5.41) is 0.529. The largest absolute Gasteiger partial charge is 0.496 e. The highest BCUT2D eigenvalue weighted by Crippen LogP contribution is 2.29. The molecule has 1 heterocycles. The van der Waals surface area contributed by atoms with E-state index in [-0.39, 0.29) is 5.43 Å².